The normalized spacial score (nSPS) is 27.4. The summed E-state index contributed by atoms with van der Waals surface area (Å²) in [7, 11) is 3.74. The van der Waals surface area contributed by atoms with E-state index in [1.54, 1.807) is 7.11 Å². The van der Waals surface area contributed by atoms with Crippen LogP contribution in [0.4, 0.5) is 0 Å². The maximum absolute atomic E-state index is 9.71. The molecule has 0 aromatic heterocycles. The topological polar surface area (TPSA) is 44.7 Å². The fourth-order valence-corrected chi connectivity index (χ4v) is 2.74. The minimum atomic E-state index is -0.364. The van der Waals surface area contributed by atoms with E-state index in [9.17, 15) is 5.11 Å². The summed E-state index contributed by atoms with van der Waals surface area (Å²) in [5, 5.41) is 13.2. The highest BCUT2D eigenvalue weighted by molar-refractivity contribution is 4.82. The van der Waals surface area contributed by atoms with E-state index in [-0.39, 0.29) is 6.10 Å². The summed E-state index contributed by atoms with van der Waals surface area (Å²) >= 11 is 0. The standard InChI is InChI=1S/C13H28N2O2/c1-4-14-11-5-7-12(8-6-11)15(2)9-13(16)10-17-3/h11-14,16H,4-10H2,1-3H3. The van der Waals surface area contributed by atoms with Gasteiger partial charge in [0.15, 0.2) is 0 Å². The van der Waals surface area contributed by atoms with Crippen molar-refractivity contribution in [2.24, 2.45) is 0 Å². The average molecular weight is 244 g/mol. The zero-order valence-corrected chi connectivity index (χ0v) is 11.5. The molecule has 0 aliphatic heterocycles. The Hall–Kier alpha value is -0.160. The summed E-state index contributed by atoms with van der Waals surface area (Å²) in [5.41, 5.74) is 0. The molecule has 0 bridgehead atoms. The minimum absolute atomic E-state index is 0.364. The van der Waals surface area contributed by atoms with Gasteiger partial charge in [-0.15, -0.1) is 0 Å². The predicted octanol–water partition coefficient (Wildman–Crippen LogP) is 0.846. The molecule has 0 heterocycles. The van der Waals surface area contributed by atoms with Gasteiger partial charge in [0, 0.05) is 25.7 Å². The van der Waals surface area contributed by atoms with Crippen molar-refractivity contribution in [2.75, 3.05) is 33.9 Å². The summed E-state index contributed by atoms with van der Waals surface area (Å²) in [6.07, 6.45) is 4.60. The quantitative estimate of drug-likeness (QED) is 0.697. The molecule has 0 amide bonds. The van der Waals surface area contributed by atoms with Crippen LogP contribution >= 0.6 is 0 Å². The Morgan fingerprint density at radius 1 is 1.35 bits per heavy atom. The third-order valence-corrected chi connectivity index (χ3v) is 3.67. The molecule has 1 rings (SSSR count). The molecule has 1 aliphatic carbocycles. The van der Waals surface area contributed by atoms with Crippen LogP contribution < -0.4 is 5.32 Å². The number of ether oxygens (including phenoxy) is 1. The molecule has 0 aromatic carbocycles. The van der Waals surface area contributed by atoms with Gasteiger partial charge in [0.1, 0.15) is 0 Å². The third-order valence-electron chi connectivity index (χ3n) is 3.67. The number of methoxy groups -OCH3 is 1. The van der Waals surface area contributed by atoms with Crippen LogP contribution in [-0.4, -0.2) is 62.0 Å². The molecule has 0 aromatic rings. The molecule has 0 spiro atoms. The summed E-state index contributed by atoms with van der Waals surface area (Å²) in [5.74, 6) is 0. The van der Waals surface area contributed by atoms with Crippen LogP contribution in [0.1, 0.15) is 32.6 Å². The fraction of sp³-hybridized carbons (Fsp3) is 1.00. The number of likely N-dealkylation sites (N-methyl/N-ethyl adjacent to an activating group) is 1. The highest BCUT2D eigenvalue weighted by atomic mass is 16.5. The number of nitrogens with zero attached hydrogens (tertiary/aromatic N) is 1. The highest BCUT2D eigenvalue weighted by Gasteiger charge is 2.24. The lowest BCUT2D eigenvalue weighted by atomic mass is 9.90. The van der Waals surface area contributed by atoms with Crippen LogP contribution in [0.5, 0.6) is 0 Å². The van der Waals surface area contributed by atoms with E-state index in [2.05, 4.69) is 24.2 Å². The Morgan fingerprint density at radius 3 is 2.53 bits per heavy atom. The molecule has 4 nitrogen and oxygen atoms in total. The van der Waals surface area contributed by atoms with Gasteiger partial charge in [-0.25, -0.2) is 0 Å². The largest absolute Gasteiger partial charge is 0.389 e. The van der Waals surface area contributed by atoms with Crippen molar-refractivity contribution in [2.45, 2.75) is 50.8 Å². The molecule has 17 heavy (non-hydrogen) atoms. The molecule has 1 fully saturated rings. The molecule has 1 saturated carbocycles. The monoisotopic (exact) mass is 244 g/mol. The lowest BCUT2D eigenvalue weighted by Crippen LogP contribution is -2.43. The van der Waals surface area contributed by atoms with Gasteiger partial charge in [-0.3, -0.25) is 0 Å². The van der Waals surface area contributed by atoms with E-state index >= 15 is 0 Å². The molecule has 0 saturated heterocycles. The SMILES string of the molecule is CCNC1CCC(N(C)CC(O)COC)CC1. The first-order valence-electron chi connectivity index (χ1n) is 6.78. The van der Waals surface area contributed by atoms with Crippen LogP contribution in [0.15, 0.2) is 0 Å². The molecular formula is C13H28N2O2. The molecule has 1 unspecified atom stereocenters. The lowest BCUT2D eigenvalue weighted by molar-refractivity contribution is 0.0287. The van der Waals surface area contributed by atoms with Gasteiger partial charge >= 0.3 is 0 Å². The Labute approximate surface area is 105 Å². The fourth-order valence-electron chi connectivity index (χ4n) is 2.74. The van der Waals surface area contributed by atoms with Gasteiger partial charge in [-0.2, -0.15) is 0 Å². The molecule has 4 heteroatoms. The summed E-state index contributed by atoms with van der Waals surface area (Å²) in [6, 6.07) is 1.32. The van der Waals surface area contributed by atoms with Crippen molar-refractivity contribution in [3.63, 3.8) is 0 Å². The Balaban J connectivity index is 2.23. The first kappa shape index (κ1) is 14.9. The highest BCUT2D eigenvalue weighted by Crippen LogP contribution is 2.22. The molecule has 1 atom stereocenters. The second-order valence-corrected chi connectivity index (χ2v) is 5.11. The van der Waals surface area contributed by atoms with Crippen LogP contribution in [0, 0.1) is 0 Å². The number of rotatable bonds is 7. The Bertz CT molecular complexity index is 194. The van der Waals surface area contributed by atoms with Crippen LogP contribution in [-0.2, 0) is 4.74 Å². The summed E-state index contributed by atoms with van der Waals surface area (Å²) in [6.45, 7) is 4.37. The van der Waals surface area contributed by atoms with Crippen LogP contribution in [0.2, 0.25) is 0 Å². The molecular weight excluding hydrogens is 216 g/mol. The van der Waals surface area contributed by atoms with Crippen molar-refractivity contribution in [3.8, 4) is 0 Å². The maximum Gasteiger partial charge on any atom is 0.0900 e. The van der Waals surface area contributed by atoms with Crippen LogP contribution in [0.25, 0.3) is 0 Å². The van der Waals surface area contributed by atoms with Crippen molar-refractivity contribution in [1.82, 2.24) is 10.2 Å². The molecule has 102 valence electrons. The van der Waals surface area contributed by atoms with Crippen molar-refractivity contribution >= 4 is 0 Å². The van der Waals surface area contributed by atoms with E-state index in [1.165, 1.54) is 25.7 Å². The Kier molecular flexibility index (Phi) is 7.04. The first-order valence-corrected chi connectivity index (χ1v) is 6.78. The van der Waals surface area contributed by atoms with Gasteiger partial charge in [-0.1, -0.05) is 6.92 Å². The molecule has 0 radical (unpaired) electrons. The maximum atomic E-state index is 9.71. The van der Waals surface area contributed by atoms with Gasteiger partial charge in [-0.05, 0) is 39.3 Å². The average Bonchev–Trinajstić information content (AvgIpc) is 2.30. The van der Waals surface area contributed by atoms with Crippen molar-refractivity contribution in [1.29, 1.82) is 0 Å². The smallest absolute Gasteiger partial charge is 0.0900 e. The molecule has 2 N–H and O–H groups in total. The minimum Gasteiger partial charge on any atom is -0.389 e. The summed E-state index contributed by atoms with van der Waals surface area (Å²) < 4.78 is 4.95. The molecule has 1 aliphatic rings. The third kappa shape index (κ3) is 5.34. The van der Waals surface area contributed by atoms with Gasteiger partial charge in [0.25, 0.3) is 0 Å². The van der Waals surface area contributed by atoms with Gasteiger partial charge < -0.3 is 20.1 Å². The second-order valence-electron chi connectivity index (χ2n) is 5.11. The van der Waals surface area contributed by atoms with E-state index in [1.807, 2.05) is 0 Å². The van der Waals surface area contributed by atoms with E-state index in [0.717, 1.165) is 6.54 Å². The number of aliphatic hydroxyl groups excluding tert-OH is 1. The second kappa shape index (κ2) is 8.03. The number of aliphatic hydroxyl groups is 1. The number of nitrogens with one attached hydrogen (secondary N) is 1. The van der Waals surface area contributed by atoms with Crippen molar-refractivity contribution in [3.05, 3.63) is 0 Å². The van der Waals surface area contributed by atoms with E-state index < -0.39 is 0 Å². The zero-order valence-electron chi connectivity index (χ0n) is 11.5. The number of hydrogen-bond acceptors (Lipinski definition) is 4. The van der Waals surface area contributed by atoms with E-state index in [4.69, 9.17) is 4.74 Å². The van der Waals surface area contributed by atoms with Gasteiger partial charge in [0.2, 0.25) is 0 Å². The van der Waals surface area contributed by atoms with Gasteiger partial charge in [0.05, 0.1) is 12.7 Å². The number of hydrogen-bond donors (Lipinski definition) is 2. The first-order chi connectivity index (χ1) is 8.17. The lowest BCUT2D eigenvalue weighted by Gasteiger charge is -2.35. The van der Waals surface area contributed by atoms with Crippen LogP contribution in [0.3, 0.4) is 0 Å². The summed E-state index contributed by atoms with van der Waals surface area (Å²) in [4.78, 5) is 2.28. The predicted molar refractivity (Wildman–Crippen MR) is 70.2 cm³/mol. The van der Waals surface area contributed by atoms with E-state index in [0.29, 0.717) is 25.2 Å². The Morgan fingerprint density at radius 2 is 2.00 bits per heavy atom. The zero-order chi connectivity index (χ0) is 12.7. The van der Waals surface area contributed by atoms with Crippen molar-refractivity contribution < 1.29 is 9.84 Å².